The molecule has 0 bridgehead atoms. The van der Waals surface area contributed by atoms with E-state index in [1.807, 2.05) is 65.6 Å². The molecule has 0 saturated carbocycles. The molecule has 0 unspecified atom stereocenters. The summed E-state index contributed by atoms with van der Waals surface area (Å²) in [6.07, 6.45) is 3.10. The molecule has 0 saturated heterocycles. The predicted octanol–water partition coefficient (Wildman–Crippen LogP) is 6.63. The van der Waals surface area contributed by atoms with Gasteiger partial charge in [0.05, 0.1) is 17.8 Å². The molecule has 4 rings (SSSR count). The molecule has 1 heterocycles. The summed E-state index contributed by atoms with van der Waals surface area (Å²) in [7, 11) is 0. The minimum absolute atomic E-state index is 0.0599. The minimum Gasteiger partial charge on any atom is -0.481 e. The Labute approximate surface area is 229 Å². The third kappa shape index (κ3) is 7.32. The molecule has 38 heavy (non-hydrogen) atoms. The highest BCUT2D eigenvalue weighted by molar-refractivity contribution is 8.00. The number of carbonyl (C=O) groups is 2. The highest BCUT2D eigenvalue weighted by Gasteiger charge is 2.38. The zero-order chi connectivity index (χ0) is 26.8. The van der Waals surface area contributed by atoms with E-state index in [4.69, 9.17) is 0 Å². The largest absolute Gasteiger partial charge is 0.481 e. The molecule has 200 valence electrons. The zero-order valence-corrected chi connectivity index (χ0v) is 22.8. The lowest BCUT2D eigenvalue weighted by Gasteiger charge is -2.31. The van der Waals surface area contributed by atoms with Crippen LogP contribution in [0.15, 0.2) is 84.9 Å². The van der Waals surface area contributed by atoms with Gasteiger partial charge in [0, 0.05) is 25.4 Å². The van der Waals surface area contributed by atoms with Crippen molar-refractivity contribution in [2.75, 3.05) is 29.5 Å². The second-order valence-corrected chi connectivity index (χ2v) is 11.1. The van der Waals surface area contributed by atoms with Crippen LogP contribution in [0.4, 0.5) is 11.4 Å². The summed E-state index contributed by atoms with van der Waals surface area (Å²) in [6.45, 7) is 3.35. The average Bonchev–Trinajstić information content (AvgIpc) is 3.29. The smallest absolute Gasteiger partial charge is 0.308 e. The summed E-state index contributed by atoms with van der Waals surface area (Å²) >= 11 is 1.56. The second-order valence-electron chi connectivity index (χ2n) is 9.71. The molecule has 0 fully saturated rings. The number of rotatable bonds is 14. The van der Waals surface area contributed by atoms with Gasteiger partial charge in [-0.2, -0.15) is 0 Å². The molecule has 1 aliphatic rings. The topological polar surface area (TPSA) is 81.7 Å². The van der Waals surface area contributed by atoms with E-state index in [0.29, 0.717) is 25.3 Å². The number of amides is 1. The molecule has 3 aromatic rings. The van der Waals surface area contributed by atoms with E-state index in [1.54, 1.807) is 11.8 Å². The van der Waals surface area contributed by atoms with Gasteiger partial charge >= 0.3 is 5.97 Å². The molecule has 3 aromatic carbocycles. The number of aliphatic carboxylic acids is 1. The third-order valence-electron chi connectivity index (χ3n) is 6.82. The molecule has 0 aliphatic carbocycles. The fourth-order valence-electron chi connectivity index (χ4n) is 4.89. The molecule has 1 aliphatic heterocycles. The number of benzene rings is 3. The molecule has 0 radical (unpaired) electrons. The van der Waals surface area contributed by atoms with Crippen molar-refractivity contribution >= 4 is 35.0 Å². The van der Waals surface area contributed by atoms with Crippen molar-refractivity contribution in [2.45, 2.75) is 49.9 Å². The first kappa shape index (κ1) is 27.6. The standard InChI is InChI=1S/C31H37N3O3S/c1-2-3-19-29(35)34(23-26(24-13-6-4-7-14-24)25-15-8-5-9-16-25)20-12-21-38-31(22-30(36)37)32-27-17-10-11-18-28(27)33-31/h4-11,13-18,26,32-33H,2-3,12,19-23H2,1H3,(H,36,37). The van der Waals surface area contributed by atoms with Crippen LogP contribution in [0.5, 0.6) is 0 Å². The van der Waals surface area contributed by atoms with E-state index < -0.39 is 11.0 Å². The van der Waals surface area contributed by atoms with Crippen LogP contribution in [0.2, 0.25) is 0 Å². The van der Waals surface area contributed by atoms with Crippen LogP contribution >= 0.6 is 11.8 Å². The summed E-state index contributed by atoms with van der Waals surface area (Å²) in [4.78, 5) is 26.2. The third-order valence-corrected chi connectivity index (χ3v) is 8.16. The molecular weight excluding hydrogens is 494 g/mol. The summed E-state index contributed by atoms with van der Waals surface area (Å²) in [6, 6.07) is 28.5. The Morgan fingerprint density at radius 3 is 1.95 bits per heavy atom. The number of carboxylic acids is 1. The first-order chi connectivity index (χ1) is 18.5. The van der Waals surface area contributed by atoms with Gasteiger partial charge in [0.2, 0.25) is 5.91 Å². The SMILES string of the molecule is CCCCC(=O)N(CCCSC1(CC(=O)O)Nc2ccccc2N1)CC(c1ccccc1)c1ccccc1. The fraction of sp³-hybridized carbons (Fsp3) is 0.355. The quantitative estimate of drug-likeness (QED) is 0.203. The Hall–Kier alpha value is -3.45. The van der Waals surface area contributed by atoms with Crippen molar-refractivity contribution in [3.05, 3.63) is 96.1 Å². The van der Waals surface area contributed by atoms with E-state index in [1.165, 1.54) is 11.1 Å². The molecule has 7 heteroatoms. The number of unbranched alkanes of at least 4 members (excludes halogenated alkanes) is 1. The van der Waals surface area contributed by atoms with Crippen LogP contribution in [0, 0.1) is 0 Å². The number of nitrogens with one attached hydrogen (secondary N) is 2. The Morgan fingerprint density at radius 1 is 0.868 bits per heavy atom. The Balaban J connectivity index is 1.45. The molecule has 3 N–H and O–H groups in total. The maximum Gasteiger partial charge on any atom is 0.308 e. The number of hydrogen-bond acceptors (Lipinski definition) is 5. The van der Waals surface area contributed by atoms with Crippen LogP contribution in [0.25, 0.3) is 0 Å². The number of carbonyl (C=O) groups excluding carboxylic acids is 1. The average molecular weight is 532 g/mol. The number of carboxylic acid groups (broad SMARTS) is 1. The molecule has 1 amide bonds. The van der Waals surface area contributed by atoms with Gasteiger partial charge in [0.1, 0.15) is 0 Å². The maximum atomic E-state index is 13.3. The maximum absolute atomic E-state index is 13.3. The monoisotopic (exact) mass is 531 g/mol. The van der Waals surface area contributed by atoms with Gasteiger partial charge in [-0.15, -0.1) is 11.8 Å². The van der Waals surface area contributed by atoms with Crippen LogP contribution in [-0.2, 0) is 9.59 Å². The van der Waals surface area contributed by atoms with Gasteiger partial charge in [-0.25, -0.2) is 0 Å². The van der Waals surface area contributed by atoms with Crippen molar-refractivity contribution in [3.63, 3.8) is 0 Å². The normalized spacial score (nSPS) is 13.4. The molecule has 0 spiro atoms. The van der Waals surface area contributed by atoms with Gasteiger partial charge in [0.15, 0.2) is 4.99 Å². The number of nitrogens with zero attached hydrogens (tertiary/aromatic N) is 1. The minimum atomic E-state index is -0.866. The van der Waals surface area contributed by atoms with E-state index in [0.717, 1.165) is 30.6 Å². The summed E-state index contributed by atoms with van der Waals surface area (Å²) in [5.41, 5.74) is 4.20. The van der Waals surface area contributed by atoms with Crippen LogP contribution in [-0.4, -0.2) is 45.7 Å². The van der Waals surface area contributed by atoms with Crippen molar-refractivity contribution < 1.29 is 14.7 Å². The summed E-state index contributed by atoms with van der Waals surface area (Å²) < 4.78 is 0. The highest BCUT2D eigenvalue weighted by Crippen LogP contribution is 2.41. The van der Waals surface area contributed by atoms with E-state index in [2.05, 4.69) is 41.8 Å². The first-order valence-corrected chi connectivity index (χ1v) is 14.4. The predicted molar refractivity (Wildman–Crippen MR) is 157 cm³/mol. The van der Waals surface area contributed by atoms with Gasteiger partial charge in [-0.05, 0) is 41.9 Å². The fourth-order valence-corrected chi connectivity index (χ4v) is 6.10. The molecule has 6 nitrogen and oxygen atoms in total. The Bertz CT molecular complexity index is 1120. The van der Waals surface area contributed by atoms with Crippen molar-refractivity contribution in [1.82, 2.24) is 4.90 Å². The number of hydrogen-bond donors (Lipinski definition) is 3. The van der Waals surface area contributed by atoms with Crippen molar-refractivity contribution in [1.29, 1.82) is 0 Å². The Morgan fingerprint density at radius 2 is 1.42 bits per heavy atom. The first-order valence-electron chi connectivity index (χ1n) is 13.4. The van der Waals surface area contributed by atoms with Crippen LogP contribution < -0.4 is 10.6 Å². The highest BCUT2D eigenvalue weighted by atomic mass is 32.2. The van der Waals surface area contributed by atoms with Crippen molar-refractivity contribution in [3.8, 4) is 0 Å². The van der Waals surface area contributed by atoms with E-state index >= 15 is 0 Å². The molecule has 0 atom stereocenters. The number of para-hydroxylation sites is 2. The zero-order valence-electron chi connectivity index (χ0n) is 21.9. The Kier molecular flexibility index (Phi) is 9.71. The lowest BCUT2D eigenvalue weighted by atomic mass is 9.90. The lowest BCUT2D eigenvalue weighted by molar-refractivity contribution is -0.137. The van der Waals surface area contributed by atoms with Gasteiger partial charge in [-0.3, -0.25) is 9.59 Å². The second kappa shape index (κ2) is 13.4. The van der Waals surface area contributed by atoms with Gasteiger partial charge in [-0.1, -0.05) is 86.1 Å². The van der Waals surface area contributed by atoms with Gasteiger partial charge in [0.25, 0.3) is 0 Å². The lowest BCUT2D eigenvalue weighted by Crippen LogP contribution is -2.41. The van der Waals surface area contributed by atoms with Gasteiger partial charge < -0.3 is 20.6 Å². The molecule has 0 aromatic heterocycles. The number of anilines is 2. The number of thioether (sulfide) groups is 1. The molecular formula is C31H37N3O3S. The van der Waals surface area contributed by atoms with E-state index in [9.17, 15) is 14.7 Å². The van der Waals surface area contributed by atoms with E-state index in [-0.39, 0.29) is 18.2 Å². The number of fused-ring (bicyclic) bond motifs is 1. The van der Waals surface area contributed by atoms with Crippen LogP contribution in [0.1, 0.15) is 56.1 Å². The van der Waals surface area contributed by atoms with Crippen molar-refractivity contribution in [2.24, 2.45) is 0 Å². The summed E-state index contributed by atoms with van der Waals surface area (Å²) in [5, 5.41) is 16.4. The summed E-state index contributed by atoms with van der Waals surface area (Å²) in [5.74, 6) is 0.107. The van der Waals surface area contributed by atoms with Crippen LogP contribution in [0.3, 0.4) is 0 Å².